The van der Waals surface area contributed by atoms with Gasteiger partial charge in [0.15, 0.2) is 11.5 Å². The van der Waals surface area contributed by atoms with Gasteiger partial charge in [-0.05, 0) is 54.8 Å². The minimum atomic E-state index is -0.407. The summed E-state index contributed by atoms with van der Waals surface area (Å²) in [4.78, 5) is 16.3. The van der Waals surface area contributed by atoms with E-state index in [1.165, 1.54) is 6.07 Å². The molecule has 2 heterocycles. The summed E-state index contributed by atoms with van der Waals surface area (Å²) >= 11 is 0. The quantitative estimate of drug-likeness (QED) is 0.765. The van der Waals surface area contributed by atoms with E-state index in [1.807, 2.05) is 13.0 Å². The number of amides is 1. The second-order valence-electron chi connectivity index (χ2n) is 5.95. The fourth-order valence-electron chi connectivity index (χ4n) is 2.45. The number of nitrogens with one attached hydrogen (secondary N) is 1. The molecule has 1 N–H and O–H groups in total. The molecule has 1 amide bonds. The largest absolute Gasteiger partial charge is 0.331 e. The second kappa shape index (κ2) is 7.26. The Morgan fingerprint density at radius 3 is 2.77 bits per heavy atom. The van der Waals surface area contributed by atoms with Crippen LogP contribution in [0.2, 0.25) is 0 Å². The van der Waals surface area contributed by atoms with Crippen molar-refractivity contribution in [2.45, 2.75) is 20.4 Å². The number of hydrogen-bond acceptors (Lipinski definition) is 4. The lowest BCUT2D eigenvalue weighted by Crippen LogP contribution is -2.14. The molecule has 7 heteroatoms. The fourth-order valence-corrected chi connectivity index (χ4v) is 2.45. The zero-order valence-electron chi connectivity index (χ0n) is 14.5. The van der Waals surface area contributed by atoms with Gasteiger partial charge in [0.1, 0.15) is 5.82 Å². The summed E-state index contributed by atoms with van der Waals surface area (Å²) in [5.41, 5.74) is 3.14. The summed E-state index contributed by atoms with van der Waals surface area (Å²) in [6.45, 7) is 7.67. The molecule has 0 atom stereocenters. The predicted molar refractivity (Wildman–Crippen MR) is 97.3 cm³/mol. The van der Waals surface area contributed by atoms with Crippen LogP contribution in [0.4, 0.5) is 10.2 Å². The van der Waals surface area contributed by atoms with Crippen LogP contribution in [0.15, 0.2) is 43.4 Å². The topological polar surface area (TPSA) is 72.7 Å². The maximum Gasteiger partial charge on any atom is 0.277 e. The molecule has 0 aliphatic rings. The number of hydrogen-bond donors (Lipinski definition) is 1. The van der Waals surface area contributed by atoms with Crippen molar-refractivity contribution in [2.75, 3.05) is 5.32 Å². The molecule has 0 bridgehead atoms. The second-order valence-corrected chi connectivity index (χ2v) is 5.95. The molecule has 2 aromatic heterocycles. The maximum absolute atomic E-state index is 13.9. The molecule has 0 saturated heterocycles. The Morgan fingerprint density at radius 2 is 2.12 bits per heavy atom. The normalized spacial score (nSPS) is 10.6. The average Bonchev–Trinajstić information content (AvgIpc) is 3.06. The first-order valence-electron chi connectivity index (χ1n) is 8.01. The van der Waals surface area contributed by atoms with Crippen LogP contribution in [0, 0.1) is 19.7 Å². The third-order valence-corrected chi connectivity index (χ3v) is 4.03. The highest BCUT2D eigenvalue weighted by Gasteiger charge is 2.11. The van der Waals surface area contributed by atoms with Crippen LogP contribution < -0.4 is 5.32 Å². The Labute approximate surface area is 150 Å². The van der Waals surface area contributed by atoms with Crippen molar-refractivity contribution in [2.24, 2.45) is 0 Å². The highest BCUT2D eigenvalue weighted by molar-refractivity contribution is 6.02. The van der Waals surface area contributed by atoms with E-state index in [0.717, 1.165) is 11.1 Å². The van der Waals surface area contributed by atoms with Crippen LogP contribution in [0.3, 0.4) is 0 Å². The summed E-state index contributed by atoms with van der Waals surface area (Å²) in [6, 6.07) is 6.67. The smallest absolute Gasteiger partial charge is 0.277 e. The molecular formula is C19H18FN5O. The standard InChI is InChI=1S/C19H18FN5O/c1-4-15-5-6-17(24-23-15)19(26)22-18-10-25(11-21-18)9-14-7-12(2)13(3)16(20)8-14/h4-8,10-11H,1,9H2,2-3H3,(H,22,26). The van der Waals surface area contributed by atoms with Gasteiger partial charge in [-0.3, -0.25) is 4.79 Å². The third kappa shape index (κ3) is 3.83. The number of carbonyl (C=O) groups excluding carboxylic acids is 1. The average molecular weight is 351 g/mol. The minimum absolute atomic E-state index is 0.182. The van der Waals surface area contributed by atoms with E-state index in [1.54, 1.807) is 42.2 Å². The number of aromatic nitrogens is 4. The molecule has 132 valence electrons. The predicted octanol–water partition coefficient (Wildman–Crippen LogP) is 3.37. The number of benzene rings is 1. The van der Waals surface area contributed by atoms with E-state index >= 15 is 0 Å². The van der Waals surface area contributed by atoms with E-state index in [4.69, 9.17) is 0 Å². The van der Waals surface area contributed by atoms with E-state index in [-0.39, 0.29) is 11.5 Å². The van der Waals surface area contributed by atoms with Gasteiger partial charge in [-0.25, -0.2) is 9.37 Å². The molecule has 3 rings (SSSR count). The highest BCUT2D eigenvalue weighted by Crippen LogP contribution is 2.16. The van der Waals surface area contributed by atoms with Gasteiger partial charge in [-0.2, -0.15) is 5.10 Å². The van der Waals surface area contributed by atoms with Gasteiger partial charge in [-0.15, -0.1) is 5.10 Å². The zero-order chi connectivity index (χ0) is 18.7. The van der Waals surface area contributed by atoms with Crippen molar-refractivity contribution in [3.8, 4) is 0 Å². The van der Waals surface area contributed by atoms with Crippen molar-refractivity contribution in [1.29, 1.82) is 0 Å². The first-order valence-corrected chi connectivity index (χ1v) is 8.01. The van der Waals surface area contributed by atoms with Gasteiger partial charge in [0.25, 0.3) is 5.91 Å². The molecule has 0 radical (unpaired) electrons. The SMILES string of the molecule is C=Cc1ccc(C(=O)Nc2cn(Cc3cc(C)c(C)c(F)c3)cn2)nn1. The number of carbonyl (C=O) groups is 1. The van der Waals surface area contributed by atoms with Crippen molar-refractivity contribution >= 4 is 17.8 Å². The molecule has 1 aromatic carbocycles. The van der Waals surface area contributed by atoms with Crippen molar-refractivity contribution in [3.05, 3.63) is 77.3 Å². The molecule has 6 nitrogen and oxygen atoms in total. The van der Waals surface area contributed by atoms with Gasteiger partial charge < -0.3 is 9.88 Å². The molecule has 26 heavy (non-hydrogen) atoms. The number of anilines is 1. The van der Waals surface area contributed by atoms with Crippen molar-refractivity contribution in [3.63, 3.8) is 0 Å². The summed E-state index contributed by atoms with van der Waals surface area (Å²) in [7, 11) is 0. The molecule has 0 spiro atoms. The fraction of sp³-hybridized carbons (Fsp3) is 0.158. The van der Waals surface area contributed by atoms with Crippen LogP contribution in [0.25, 0.3) is 6.08 Å². The van der Waals surface area contributed by atoms with Crippen molar-refractivity contribution < 1.29 is 9.18 Å². The van der Waals surface area contributed by atoms with Crippen molar-refractivity contribution in [1.82, 2.24) is 19.7 Å². The summed E-state index contributed by atoms with van der Waals surface area (Å²) < 4.78 is 15.6. The lowest BCUT2D eigenvalue weighted by atomic mass is 10.1. The molecular weight excluding hydrogens is 333 g/mol. The maximum atomic E-state index is 13.9. The molecule has 0 unspecified atom stereocenters. The summed E-state index contributed by atoms with van der Waals surface area (Å²) in [6.07, 6.45) is 4.80. The van der Waals surface area contributed by atoms with E-state index in [9.17, 15) is 9.18 Å². The van der Waals surface area contributed by atoms with Crippen LogP contribution in [-0.2, 0) is 6.54 Å². The highest BCUT2D eigenvalue weighted by atomic mass is 19.1. The molecule has 3 aromatic rings. The molecule has 0 saturated carbocycles. The minimum Gasteiger partial charge on any atom is -0.331 e. The monoisotopic (exact) mass is 351 g/mol. The summed E-state index contributed by atoms with van der Waals surface area (Å²) in [5.74, 6) is -0.250. The molecule has 0 aliphatic heterocycles. The Hall–Kier alpha value is -3.35. The van der Waals surface area contributed by atoms with E-state index in [0.29, 0.717) is 23.6 Å². The Kier molecular flexibility index (Phi) is 4.88. The molecule has 0 aliphatic carbocycles. The van der Waals surface area contributed by atoms with Crippen LogP contribution in [0.5, 0.6) is 0 Å². The number of rotatable bonds is 5. The molecule has 0 fully saturated rings. The van der Waals surface area contributed by atoms with Gasteiger partial charge >= 0.3 is 0 Å². The first-order chi connectivity index (χ1) is 12.5. The number of aryl methyl sites for hydroxylation is 1. The van der Waals surface area contributed by atoms with Gasteiger partial charge in [-0.1, -0.05) is 12.6 Å². The number of halogens is 1. The van der Waals surface area contributed by atoms with Gasteiger partial charge in [0.05, 0.1) is 12.0 Å². The van der Waals surface area contributed by atoms with Crippen LogP contribution in [0.1, 0.15) is 32.9 Å². The van der Waals surface area contributed by atoms with E-state index < -0.39 is 5.91 Å². The summed E-state index contributed by atoms with van der Waals surface area (Å²) in [5, 5.41) is 10.4. The number of nitrogens with zero attached hydrogens (tertiary/aromatic N) is 4. The first kappa shape index (κ1) is 17.5. The van der Waals surface area contributed by atoms with E-state index in [2.05, 4.69) is 27.1 Å². The Bertz CT molecular complexity index is 939. The van der Waals surface area contributed by atoms with Gasteiger partial charge in [0.2, 0.25) is 0 Å². The third-order valence-electron chi connectivity index (χ3n) is 4.03. The van der Waals surface area contributed by atoms with Gasteiger partial charge in [0, 0.05) is 12.7 Å². The Morgan fingerprint density at radius 1 is 1.31 bits per heavy atom. The zero-order valence-corrected chi connectivity index (χ0v) is 14.5. The lowest BCUT2D eigenvalue weighted by Gasteiger charge is -2.07. The van der Waals surface area contributed by atoms with Crippen LogP contribution >= 0.6 is 0 Å². The lowest BCUT2D eigenvalue weighted by molar-refractivity contribution is 0.102. The Balaban J connectivity index is 1.69. The number of imidazole rings is 1. The van der Waals surface area contributed by atoms with Crippen LogP contribution in [-0.4, -0.2) is 25.7 Å².